The molecule has 3 N–H and O–H groups in total. The van der Waals surface area contributed by atoms with E-state index in [1.165, 1.54) is 167 Å². The van der Waals surface area contributed by atoms with E-state index in [1.54, 1.807) is 0 Å². The van der Waals surface area contributed by atoms with Crippen LogP contribution in [0.15, 0.2) is 0 Å². The number of rotatable bonds is 70. The number of aliphatic hydroxyl groups excluding tert-OH is 1. The van der Waals surface area contributed by atoms with E-state index in [1.807, 2.05) is 0 Å². The van der Waals surface area contributed by atoms with Crippen molar-refractivity contribution in [1.82, 2.24) is 0 Å². The van der Waals surface area contributed by atoms with E-state index in [9.17, 15) is 43.2 Å². The Balaban J connectivity index is 5.21. The summed E-state index contributed by atoms with van der Waals surface area (Å²) in [5.74, 6) is 0.141. The van der Waals surface area contributed by atoms with Gasteiger partial charge >= 0.3 is 39.5 Å². The molecule has 0 aromatic heterocycles. The highest BCUT2D eigenvalue weighted by Gasteiger charge is 2.30. The maximum atomic E-state index is 13.0. The number of ether oxygens (including phenoxy) is 4. The van der Waals surface area contributed by atoms with Crippen molar-refractivity contribution in [3.8, 4) is 0 Å². The predicted octanol–water partition coefficient (Wildman–Crippen LogP) is 20.6. The number of phosphoric ester groups is 2. The monoisotopic (exact) mass is 1340 g/mol. The maximum absolute atomic E-state index is 13.0. The van der Waals surface area contributed by atoms with Gasteiger partial charge in [0.1, 0.15) is 19.3 Å². The second-order valence-electron chi connectivity index (χ2n) is 27.2. The molecule has 0 spiro atoms. The third-order valence-corrected chi connectivity index (χ3v) is 18.9. The highest BCUT2D eigenvalue weighted by molar-refractivity contribution is 7.47. The van der Waals surface area contributed by atoms with Crippen molar-refractivity contribution in [2.24, 2.45) is 17.8 Å². The van der Waals surface area contributed by atoms with Crippen LogP contribution in [0.25, 0.3) is 0 Å². The van der Waals surface area contributed by atoms with Gasteiger partial charge in [0.2, 0.25) is 0 Å². The minimum atomic E-state index is -4.95. The van der Waals surface area contributed by atoms with Gasteiger partial charge in [0.25, 0.3) is 0 Å². The normalized spacial score (nSPS) is 14.5. The molecule has 0 heterocycles. The van der Waals surface area contributed by atoms with Gasteiger partial charge in [-0.2, -0.15) is 0 Å². The zero-order chi connectivity index (χ0) is 67.3. The van der Waals surface area contributed by atoms with Crippen LogP contribution in [0.5, 0.6) is 0 Å². The molecule has 17 nitrogen and oxygen atoms in total. The van der Waals surface area contributed by atoms with Crippen LogP contribution in [-0.4, -0.2) is 96.7 Å². The smallest absolute Gasteiger partial charge is 0.462 e. The lowest BCUT2D eigenvalue weighted by Gasteiger charge is -2.21. The maximum Gasteiger partial charge on any atom is 0.472 e. The summed E-state index contributed by atoms with van der Waals surface area (Å²) in [7, 11) is -9.90. The minimum Gasteiger partial charge on any atom is -0.462 e. The molecule has 0 aliphatic carbocycles. The Bertz CT molecular complexity index is 1790. The Hall–Kier alpha value is -1.94. The predicted molar refractivity (Wildman–Crippen MR) is 368 cm³/mol. The van der Waals surface area contributed by atoms with Gasteiger partial charge < -0.3 is 33.8 Å². The molecule has 0 amide bonds. The third-order valence-electron chi connectivity index (χ3n) is 17.0. The average molecular weight is 1340 g/mol. The van der Waals surface area contributed by atoms with E-state index in [0.717, 1.165) is 108 Å². The number of esters is 4. The Morgan fingerprint density at radius 3 is 0.835 bits per heavy atom. The number of carbonyl (C=O) groups excluding carboxylic acids is 4. The molecule has 91 heavy (non-hydrogen) atoms. The highest BCUT2D eigenvalue weighted by Crippen LogP contribution is 2.45. The molecule has 0 aliphatic rings. The molecule has 6 atom stereocenters. The summed E-state index contributed by atoms with van der Waals surface area (Å²) >= 11 is 0. The van der Waals surface area contributed by atoms with Crippen LogP contribution in [0, 0.1) is 17.8 Å². The van der Waals surface area contributed by atoms with Crippen molar-refractivity contribution in [1.29, 1.82) is 0 Å². The van der Waals surface area contributed by atoms with E-state index in [4.69, 9.17) is 37.0 Å². The minimum absolute atomic E-state index is 0.106. The van der Waals surface area contributed by atoms with Gasteiger partial charge in [-0.1, -0.05) is 312 Å². The van der Waals surface area contributed by atoms with E-state index in [0.29, 0.717) is 31.6 Å². The summed E-state index contributed by atoms with van der Waals surface area (Å²) < 4.78 is 68.3. The molecule has 3 unspecified atom stereocenters. The van der Waals surface area contributed by atoms with Crippen LogP contribution in [0.2, 0.25) is 0 Å². The number of hydrogen-bond donors (Lipinski definition) is 3. The number of phosphoric acid groups is 2. The molecular formula is C72H140O17P2. The molecule has 0 saturated heterocycles. The SMILES string of the molecule is CCCCCCCCCCCCCC(=O)O[C@H](COC(=O)CCCCCCCCC(C)C)COP(=O)(O)OC[C@H](O)COP(=O)(O)OC[C@@H](COC(=O)CCCCCCCCCCC(C)CC)OC(=O)CCCCCCCCCCCCCCCCCCC(C)C. The molecule has 0 rings (SSSR count). The first-order chi connectivity index (χ1) is 43.8. The molecule has 0 fully saturated rings. The van der Waals surface area contributed by atoms with Gasteiger partial charge in [-0.05, 0) is 43.4 Å². The first-order valence-corrected chi connectivity index (χ1v) is 40.4. The van der Waals surface area contributed by atoms with Crippen molar-refractivity contribution in [3.63, 3.8) is 0 Å². The van der Waals surface area contributed by atoms with Gasteiger partial charge in [-0.15, -0.1) is 0 Å². The summed E-state index contributed by atoms with van der Waals surface area (Å²) in [6.45, 7) is 11.8. The summed E-state index contributed by atoms with van der Waals surface area (Å²) in [5, 5.41) is 10.6. The Kier molecular flexibility index (Phi) is 61.5. The van der Waals surface area contributed by atoms with Crippen LogP contribution in [-0.2, 0) is 65.4 Å². The number of unbranched alkanes of at least 4 members (excludes halogenated alkanes) is 37. The van der Waals surface area contributed by atoms with Gasteiger partial charge in [0.05, 0.1) is 26.4 Å². The second-order valence-corrected chi connectivity index (χ2v) is 30.1. The molecule has 0 bridgehead atoms. The first-order valence-electron chi connectivity index (χ1n) is 37.4. The fourth-order valence-electron chi connectivity index (χ4n) is 10.9. The molecule has 0 radical (unpaired) electrons. The molecule has 0 aromatic carbocycles. The van der Waals surface area contributed by atoms with Crippen LogP contribution >= 0.6 is 15.6 Å². The number of hydrogen-bond acceptors (Lipinski definition) is 15. The Morgan fingerprint density at radius 2 is 0.560 bits per heavy atom. The van der Waals surface area contributed by atoms with Crippen LogP contribution < -0.4 is 0 Å². The van der Waals surface area contributed by atoms with Crippen molar-refractivity contribution in [2.75, 3.05) is 39.6 Å². The summed E-state index contributed by atoms with van der Waals surface area (Å²) in [4.78, 5) is 72.6. The zero-order valence-electron chi connectivity index (χ0n) is 59.3. The Morgan fingerprint density at radius 1 is 0.319 bits per heavy atom. The standard InChI is InChI=1S/C72H140O17P2/c1-8-10-11-12-13-14-21-25-32-41-48-55-71(76)89-68(60-83-70(75)54-47-40-35-34-37-44-51-64(5)6)62-87-91(80,81)85-58-66(73)57-84-90(78,79)86-61-67(59-82-69(74)53-46-39-31-28-27-30-38-45-52-65(7)9-2)88-72(77)56-49-42-33-26-23-20-18-16-15-17-19-22-24-29-36-43-50-63(3)4/h63-68,73H,8-62H2,1-7H3,(H,78,79)(H,80,81)/t65?,66-,67-,68-/m1/s1. The molecule has 19 heteroatoms. The van der Waals surface area contributed by atoms with Crippen molar-refractivity contribution < 1.29 is 80.2 Å². The van der Waals surface area contributed by atoms with Gasteiger partial charge in [0, 0.05) is 25.7 Å². The number of aliphatic hydroxyl groups is 1. The summed E-state index contributed by atoms with van der Waals surface area (Å²) in [6.07, 6.45) is 47.3. The van der Waals surface area contributed by atoms with E-state index < -0.39 is 97.5 Å². The van der Waals surface area contributed by atoms with Crippen LogP contribution in [0.4, 0.5) is 0 Å². The average Bonchev–Trinajstić information content (AvgIpc) is 2.81. The highest BCUT2D eigenvalue weighted by atomic mass is 31.2. The third kappa shape index (κ3) is 65.1. The topological polar surface area (TPSA) is 237 Å². The Labute approximate surface area is 556 Å². The van der Waals surface area contributed by atoms with E-state index in [-0.39, 0.29) is 25.7 Å². The number of carbonyl (C=O) groups is 4. The fraction of sp³-hybridized carbons (Fsp3) is 0.944. The molecule has 0 aromatic rings. The summed E-state index contributed by atoms with van der Waals surface area (Å²) in [5.41, 5.74) is 0. The van der Waals surface area contributed by atoms with E-state index in [2.05, 4.69) is 48.5 Å². The fourth-order valence-corrected chi connectivity index (χ4v) is 12.4. The lowest BCUT2D eigenvalue weighted by Crippen LogP contribution is -2.30. The van der Waals surface area contributed by atoms with E-state index >= 15 is 0 Å². The largest absolute Gasteiger partial charge is 0.472 e. The molecule has 0 saturated carbocycles. The second kappa shape index (κ2) is 62.8. The van der Waals surface area contributed by atoms with Crippen molar-refractivity contribution in [2.45, 2.75) is 381 Å². The lowest BCUT2D eigenvalue weighted by atomic mass is 9.99. The van der Waals surface area contributed by atoms with Gasteiger partial charge in [-0.3, -0.25) is 37.3 Å². The van der Waals surface area contributed by atoms with Gasteiger partial charge in [0.15, 0.2) is 12.2 Å². The van der Waals surface area contributed by atoms with Crippen LogP contribution in [0.1, 0.15) is 363 Å². The van der Waals surface area contributed by atoms with Crippen molar-refractivity contribution >= 4 is 39.5 Å². The van der Waals surface area contributed by atoms with Crippen molar-refractivity contribution in [3.05, 3.63) is 0 Å². The quantitative estimate of drug-likeness (QED) is 0.0222. The summed E-state index contributed by atoms with van der Waals surface area (Å²) in [6, 6.07) is 0. The molecule has 0 aliphatic heterocycles. The lowest BCUT2D eigenvalue weighted by molar-refractivity contribution is -0.161. The first kappa shape index (κ1) is 89.1. The van der Waals surface area contributed by atoms with Crippen LogP contribution in [0.3, 0.4) is 0 Å². The zero-order valence-corrected chi connectivity index (χ0v) is 61.1. The molecule has 540 valence electrons. The van der Waals surface area contributed by atoms with Gasteiger partial charge in [-0.25, -0.2) is 9.13 Å². The molecular weight excluding hydrogens is 1200 g/mol.